The molecule has 0 fully saturated rings. The van der Waals surface area contributed by atoms with Crippen LogP contribution in [-0.2, 0) is 17.8 Å². The Kier molecular flexibility index (Phi) is 4.16. The number of rotatable bonds is 3. The molecule has 1 aromatic carbocycles. The molecule has 0 radical (unpaired) electrons. The fraction of sp³-hybridized carbons (Fsp3) is 0.412. The zero-order chi connectivity index (χ0) is 15.6. The van der Waals surface area contributed by atoms with E-state index >= 15 is 0 Å². The number of hydrogen-bond acceptors (Lipinski definition) is 3. The minimum Gasteiger partial charge on any atom is -0.423 e. The lowest BCUT2D eigenvalue weighted by molar-refractivity contribution is -0.128. The highest BCUT2D eigenvalue weighted by atomic mass is 16.4. The van der Waals surface area contributed by atoms with Crippen LogP contribution >= 0.6 is 0 Å². The first-order valence-corrected chi connectivity index (χ1v) is 7.15. The molecule has 0 aliphatic rings. The summed E-state index contributed by atoms with van der Waals surface area (Å²) in [6.45, 7) is 7.96. The van der Waals surface area contributed by atoms with Crippen LogP contribution in [-0.4, -0.2) is 5.91 Å². The molecule has 0 saturated heterocycles. The van der Waals surface area contributed by atoms with Gasteiger partial charge in [-0.25, -0.2) is 4.79 Å². The molecule has 21 heavy (non-hydrogen) atoms. The van der Waals surface area contributed by atoms with E-state index < -0.39 is 11.0 Å². The normalized spacial score (nSPS) is 11.6. The van der Waals surface area contributed by atoms with Crippen molar-refractivity contribution >= 4 is 16.9 Å². The molecule has 1 amide bonds. The van der Waals surface area contributed by atoms with Crippen LogP contribution in [0, 0.1) is 5.41 Å². The summed E-state index contributed by atoms with van der Waals surface area (Å²) in [6.07, 6.45) is 0.906. The van der Waals surface area contributed by atoms with Crippen LogP contribution in [0.1, 0.15) is 38.8 Å². The predicted octanol–water partition coefficient (Wildman–Crippen LogP) is 3.02. The highest BCUT2D eigenvalue weighted by molar-refractivity contribution is 5.83. The summed E-state index contributed by atoms with van der Waals surface area (Å²) in [6, 6.07) is 7.22. The first-order chi connectivity index (χ1) is 9.81. The quantitative estimate of drug-likeness (QED) is 0.883. The molecule has 4 heteroatoms. The number of amides is 1. The van der Waals surface area contributed by atoms with Gasteiger partial charge in [0.25, 0.3) is 0 Å². The standard InChI is InChI=1S/C17H21NO3/c1-5-11-6-7-14-13(8-11)12(9-15(19)21-14)10-18-16(20)17(2,3)4/h6-9H,5,10H2,1-4H3,(H,18,20). The highest BCUT2D eigenvalue weighted by Gasteiger charge is 2.21. The van der Waals surface area contributed by atoms with Crippen molar-refractivity contribution in [2.24, 2.45) is 5.41 Å². The van der Waals surface area contributed by atoms with Gasteiger partial charge in [0.2, 0.25) is 5.91 Å². The second-order valence-electron chi connectivity index (χ2n) is 6.21. The largest absolute Gasteiger partial charge is 0.423 e. The van der Waals surface area contributed by atoms with Crippen LogP contribution in [0.3, 0.4) is 0 Å². The van der Waals surface area contributed by atoms with Gasteiger partial charge in [-0.3, -0.25) is 4.79 Å². The summed E-state index contributed by atoms with van der Waals surface area (Å²) in [7, 11) is 0. The van der Waals surface area contributed by atoms with Gasteiger partial charge in [-0.05, 0) is 29.7 Å². The molecule has 0 saturated carbocycles. The lowest BCUT2D eigenvalue weighted by Crippen LogP contribution is -2.34. The third-order valence-electron chi connectivity index (χ3n) is 3.42. The van der Waals surface area contributed by atoms with Crippen molar-refractivity contribution in [2.45, 2.75) is 40.7 Å². The molecule has 0 unspecified atom stereocenters. The van der Waals surface area contributed by atoms with Crippen molar-refractivity contribution in [3.63, 3.8) is 0 Å². The first-order valence-electron chi connectivity index (χ1n) is 7.15. The Morgan fingerprint density at radius 3 is 2.57 bits per heavy atom. The smallest absolute Gasteiger partial charge is 0.336 e. The number of hydrogen-bond donors (Lipinski definition) is 1. The van der Waals surface area contributed by atoms with Crippen molar-refractivity contribution in [3.8, 4) is 0 Å². The third kappa shape index (κ3) is 3.51. The Morgan fingerprint density at radius 2 is 1.95 bits per heavy atom. The second kappa shape index (κ2) is 5.72. The van der Waals surface area contributed by atoms with Crippen LogP contribution in [0.5, 0.6) is 0 Å². The summed E-state index contributed by atoms with van der Waals surface area (Å²) in [5.74, 6) is -0.0458. The number of carbonyl (C=O) groups is 1. The van der Waals surface area contributed by atoms with E-state index in [1.165, 1.54) is 11.6 Å². The predicted molar refractivity (Wildman–Crippen MR) is 83.2 cm³/mol. The van der Waals surface area contributed by atoms with Crippen molar-refractivity contribution < 1.29 is 9.21 Å². The molecule has 4 nitrogen and oxygen atoms in total. The van der Waals surface area contributed by atoms with Gasteiger partial charge >= 0.3 is 5.63 Å². The van der Waals surface area contributed by atoms with E-state index in [1.54, 1.807) is 0 Å². The van der Waals surface area contributed by atoms with Crippen LogP contribution in [0.15, 0.2) is 33.5 Å². The molecule has 1 N–H and O–H groups in total. The topological polar surface area (TPSA) is 59.3 Å². The lowest BCUT2D eigenvalue weighted by Gasteiger charge is -2.18. The van der Waals surface area contributed by atoms with Crippen molar-refractivity contribution in [3.05, 3.63) is 45.8 Å². The maximum absolute atomic E-state index is 12.0. The Hall–Kier alpha value is -2.10. The van der Waals surface area contributed by atoms with Gasteiger partial charge < -0.3 is 9.73 Å². The SMILES string of the molecule is CCc1ccc2oc(=O)cc(CNC(=O)C(C)(C)C)c2c1. The first kappa shape index (κ1) is 15.3. The van der Waals surface area contributed by atoms with E-state index in [4.69, 9.17) is 4.42 Å². The van der Waals surface area contributed by atoms with E-state index in [0.717, 1.165) is 17.4 Å². The maximum atomic E-state index is 12.0. The van der Waals surface area contributed by atoms with Gasteiger partial charge in [0.05, 0.1) is 0 Å². The molecular weight excluding hydrogens is 266 g/mol. The third-order valence-corrected chi connectivity index (χ3v) is 3.42. The summed E-state index contributed by atoms with van der Waals surface area (Å²) in [5, 5.41) is 3.75. The molecule has 0 aliphatic carbocycles. The van der Waals surface area contributed by atoms with Crippen LogP contribution < -0.4 is 10.9 Å². The fourth-order valence-corrected chi connectivity index (χ4v) is 2.08. The Labute approximate surface area is 124 Å². The number of carbonyl (C=O) groups excluding carboxylic acids is 1. The van der Waals surface area contributed by atoms with Gasteiger partial charge in [-0.1, -0.05) is 33.8 Å². The van der Waals surface area contributed by atoms with Crippen LogP contribution in [0.2, 0.25) is 0 Å². The fourth-order valence-electron chi connectivity index (χ4n) is 2.08. The maximum Gasteiger partial charge on any atom is 0.336 e. The Morgan fingerprint density at radius 1 is 1.24 bits per heavy atom. The lowest BCUT2D eigenvalue weighted by atomic mass is 9.95. The molecule has 0 aliphatic heterocycles. The molecule has 0 atom stereocenters. The molecule has 2 aromatic rings. The van der Waals surface area contributed by atoms with E-state index in [-0.39, 0.29) is 5.91 Å². The molecule has 0 bridgehead atoms. The van der Waals surface area contributed by atoms with E-state index in [2.05, 4.69) is 12.2 Å². The zero-order valence-electron chi connectivity index (χ0n) is 12.9. The molecule has 1 aromatic heterocycles. The van der Waals surface area contributed by atoms with Gasteiger partial charge in [-0.2, -0.15) is 0 Å². The molecule has 2 rings (SSSR count). The van der Waals surface area contributed by atoms with Gasteiger partial charge in [0, 0.05) is 23.4 Å². The average Bonchev–Trinajstić information content (AvgIpc) is 2.42. The van der Waals surface area contributed by atoms with E-state index in [1.807, 2.05) is 39.0 Å². The monoisotopic (exact) mass is 287 g/mol. The molecule has 0 spiro atoms. The average molecular weight is 287 g/mol. The van der Waals surface area contributed by atoms with E-state index in [0.29, 0.717) is 12.1 Å². The summed E-state index contributed by atoms with van der Waals surface area (Å²) >= 11 is 0. The van der Waals surface area contributed by atoms with Crippen molar-refractivity contribution in [1.82, 2.24) is 5.32 Å². The summed E-state index contributed by atoms with van der Waals surface area (Å²) < 4.78 is 5.21. The number of benzene rings is 1. The minimum absolute atomic E-state index is 0.0458. The number of nitrogens with one attached hydrogen (secondary N) is 1. The Balaban J connectivity index is 2.38. The van der Waals surface area contributed by atoms with Gasteiger partial charge in [0.15, 0.2) is 0 Å². The second-order valence-corrected chi connectivity index (χ2v) is 6.21. The zero-order valence-corrected chi connectivity index (χ0v) is 12.9. The molecular formula is C17H21NO3. The summed E-state index contributed by atoms with van der Waals surface area (Å²) in [4.78, 5) is 23.6. The Bertz CT molecular complexity index is 723. The van der Waals surface area contributed by atoms with E-state index in [9.17, 15) is 9.59 Å². The van der Waals surface area contributed by atoms with Gasteiger partial charge in [0.1, 0.15) is 5.58 Å². The summed E-state index contributed by atoms with van der Waals surface area (Å²) in [5.41, 5.74) is 1.66. The molecule has 1 heterocycles. The number of fused-ring (bicyclic) bond motifs is 1. The number of aryl methyl sites for hydroxylation is 1. The van der Waals surface area contributed by atoms with Crippen LogP contribution in [0.25, 0.3) is 11.0 Å². The van der Waals surface area contributed by atoms with Crippen molar-refractivity contribution in [1.29, 1.82) is 0 Å². The van der Waals surface area contributed by atoms with Crippen LogP contribution in [0.4, 0.5) is 0 Å². The van der Waals surface area contributed by atoms with Gasteiger partial charge in [-0.15, -0.1) is 0 Å². The highest BCUT2D eigenvalue weighted by Crippen LogP contribution is 2.20. The minimum atomic E-state index is -0.455. The van der Waals surface area contributed by atoms with Crippen molar-refractivity contribution in [2.75, 3.05) is 0 Å². The molecule has 112 valence electrons.